The number of hydrogen-bond donors (Lipinski definition) is 2. The minimum Gasteiger partial charge on any atom is -0.508 e. The Bertz CT molecular complexity index is 1440. The number of benzene rings is 3. The fourth-order valence-electron chi connectivity index (χ4n) is 4.07. The summed E-state index contributed by atoms with van der Waals surface area (Å²) in [5.41, 5.74) is 4.26. The van der Waals surface area contributed by atoms with Crippen molar-refractivity contribution < 1.29 is 24.1 Å². The predicted octanol–water partition coefficient (Wildman–Crippen LogP) is 7.17. The molecule has 0 fully saturated rings. The number of nitrogens with zero attached hydrogens (tertiary/aromatic N) is 1. The molecule has 9 heteroatoms. The molecule has 39 heavy (non-hydrogen) atoms. The normalized spacial score (nSPS) is 11.5. The van der Waals surface area contributed by atoms with Crippen molar-refractivity contribution in [3.63, 3.8) is 0 Å². The summed E-state index contributed by atoms with van der Waals surface area (Å²) >= 11 is 12.8. The minimum absolute atomic E-state index is 0.229. The smallest absolute Gasteiger partial charge is 0.338 e. The van der Waals surface area contributed by atoms with E-state index in [1.54, 1.807) is 49.6 Å². The van der Waals surface area contributed by atoms with E-state index in [0.29, 0.717) is 44.8 Å². The van der Waals surface area contributed by atoms with Crippen molar-refractivity contribution >= 4 is 34.9 Å². The summed E-state index contributed by atoms with van der Waals surface area (Å²) in [6, 6.07) is 17.8. The van der Waals surface area contributed by atoms with Crippen LogP contribution in [0.25, 0.3) is 0 Å². The molecule has 0 unspecified atom stereocenters. The molecule has 0 bridgehead atoms. The SMILES string of the molecule is COc1ccc([C@H](Cc2c(Cl)cncc2Cl)OC(=O)c2ccc(CNc3cccc(O)c3C)cc2)cc1OC. The zero-order valence-corrected chi connectivity index (χ0v) is 23.2. The first-order valence-corrected chi connectivity index (χ1v) is 12.9. The Kier molecular flexibility index (Phi) is 9.17. The van der Waals surface area contributed by atoms with Crippen LogP contribution < -0.4 is 14.8 Å². The van der Waals surface area contributed by atoms with Crippen LogP contribution in [0.2, 0.25) is 10.0 Å². The number of ether oxygens (including phenoxy) is 3. The third kappa shape index (κ3) is 6.74. The molecule has 0 saturated carbocycles. The van der Waals surface area contributed by atoms with Gasteiger partial charge in [0.1, 0.15) is 11.9 Å². The van der Waals surface area contributed by atoms with Crippen molar-refractivity contribution in [1.29, 1.82) is 0 Å². The highest BCUT2D eigenvalue weighted by Crippen LogP contribution is 2.35. The molecule has 0 radical (unpaired) electrons. The maximum atomic E-state index is 13.2. The second kappa shape index (κ2) is 12.7. The van der Waals surface area contributed by atoms with Crippen LogP contribution in [0.1, 0.15) is 38.7 Å². The largest absolute Gasteiger partial charge is 0.508 e. The van der Waals surface area contributed by atoms with Crippen LogP contribution in [0.15, 0.2) is 73.1 Å². The molecular weight excluding hydrogens is 539 g/mol. The topological polar surface area (TPSA) is 89.9 Å². The molecule has 4 aromatic rings. The number of phenolic OH excluding ortho intramolecular Hbond substituents is 1. The molecule has 0 spiro atoms. The standard InChI is InChI=1S/C30H28Cl2N2O5/c1-18-25(5-4-6-26(18)35)34-15-19-7-9-20(10-8-19)30(36)39-28(14-22-23(31)16-33-17-24(22)32)21-11-12-27(37-2)29(13-21)38-3/h4-13,16-17,28,34-35H,14-15H2,1-3H3/t28-/m0/s1. The lowest BCUT2D eigenvalue weighted by atomic mass is 10.0. The Morgan fingerprint density at radius 2 is 1.67 bits per heavy atom. The molecule has 1 atom stereocenters. The first-order chi connectivity index (χ1) is 18.8. The Morgan fingerprint density at radius 3 is 2.33 bits per heavy atom. The van der Waals surface area contributed by atoms with Crippen molar-refractivity contribution in [2.45, 2.75) is 26.0 Å². The Labute approximate surface area is 237 Å². The van der Waals surface area contributed by atoms with E-state index in [9.17, 15) is 9.90 Å². The molecule has 0 aliphatic heterocycles. The van der Waals surface area contributed by atoms with E-state index in [-0.39, 0.29) is 12.2 Å². The third-order valence-electron chi connectivity index (χ3n) is 6.35. The molecule has 2 N–H and O–H groups in total. The van der Waals surface area contributed by atoms with E-state index >= 15 is 0 Å². The van der Waals surface area contributed by atoms with Crippen LogP contribution in [0.3, 0.4) is 0 Å². The van der Waals surface area contributed by atoms with Gasteiger partial charge in [0.15, 0.2) is 11.5 Å². The fourth-order valence-corrected chi connectivity index (χ4v) is 4.59. The molecule has 0 aliphatic rings. The van der Waals surface area contributed by atoms with Gasteiger partial charge in [0.05, 0.1) is 29.8 Å². The number of carbonyl (C=O) groups excluding carboxylic acids is 1. The average Bonchev–Trinajstić information content (AvgIpc) is 2.95. The molecule has 202 valence electrons. The quantitative estimate of drug-likeness (QED) is 0.196. The van der Waals surface area contributed by atoms with E-state index in [2.05, 4.69) is 10.3 Å². The lowest BCUT2D eigenvalue weighted by Crippen LogP contribution is -2.15. The van der Waals surface area contributed by atoms with Gasteiger partial charge in [0, 0.05) is 36.6 Å². The zero-order valence-electron chi connectivity index (χ0n) is 21.7. The van der Waals surface area contributed by atoms with E-state index in [1.807, 2.05) is 25.1 Å². The summed E-state index contributed by atoms with van der Waals surface area (Å²) in [5, 5.41) is 14.0. The van der Waals surface area contributed by atoms with Crippen LogP contribution in [0.4, 0.5) is 5.69 Å². The minimum atomic E-state index is -0.718. The molecular formula is C30H28Cl2N2O5. The van der Waals surface area contributed by atoms with Crippen LogP contribution >= 0.6 is 23.2 Å². The predicted molar refractivity (Wildman–Crippen MR) is 152 cm³/mol. The molecule has 1 heterocycles. The summed E-state index contributed by atoms with van der Waals surface area (Å²) in [5.74, 6) is 0.786. The summed E-state index contributed by atoms with van der Waals surface area (Å²) in [7, 11) is 3.09. The van der Waals surface area contributed by atoms with E-state index < -0.39 is 12.1 Å². The molecule has 0 aliphatic carbocycles. The monoisotopic (exact) mass is 566 g/mol. The number of hydrogen-bond acceptors (Lipinski definition) is 7. The fraction of sp³-hybridized carbons (Fsp3) is 0.200. The van der Waals surface area contributed by atoms with Gasteiger partial charge < -0.3 is 24.6 Å². The van der Waals surface area contributed by atoms with Crippen molar-refractivity contribution in [2.24, 2.45) is 0 Å². The van der Waals surface area contributed by atoms with Crippen molar-refractivity contribution in [3.05, 3.63) is 111 Å². The first-order valence-electron chi connectivity index (χ1n) is 12.1. The van der Waals surface area contributed by atoms with Gasteiger partial charge in [0.25, 0.3) is 0 Å². The third-order valence-corrected chi connectivity index (χ3v) is 7.00. The van der Waals surface area contributed by atoms with Crippen LogP contribution in [0, 0.1) is 6.92 Å². The first kappa shape index (κ1) is 28.1. The van der Waals surface area contributed by atoms with Crippen LogP contribution in [-0.2, 0) is 17.7 Å². The Morgan fingerprint density at radius 1 is 0.974 bits per heavy atom. The number of esters is 1. The second-order valence-corrected chi connectivity index (χ2v) is 9.61. The summed E-state index contributed by atoms with van der Waals surface area (Å²) < 4.78 is 16.8. The van der Waals surface area contributed by atoms with E-state index in [1.165, 1.54) is 19.5 Å². The zero-order chi connectivity index (χ0) is 27.9. The van der Waals surface area contributed by atoms with Crippen LogP contribution in [0.5, 0.6) is 17.2 Å². The number of rotatable bonds is 10. The molecule has 4 rings (SSSR count). The van der Waals surface area contributed by atoms with E-state index in [0.717, 1.165) is 16.8 Å². The highest BCUT2D eigenvalue weighted by atomic mass is 35.5. The summed E-state index contributed by atoms with van der Waals surface area (Å²) in [6.07, 6.45) is 2.51. The van der Waals surface area contributed by atoms with Gasteiger partial charge in [0.2, 0.25) is 0 Å². The van der Waals surface area contributed by atoms with Gasteiger partial charge in [-0.25, -0.2) is 4.79 Å². The van der Waals surface area contributed by atoms with Gasteiger partial charge in [-0.05, 0) is 60.0 Å². The van der Waals surface area contributed by atoms with Crippen molar-refractivity contribution in [2.75, 3.05) is 19.5 Å². The van der Waals surface area contributed by atoms with Gasteiger partial charge in [-0.15, -0.1) is 0 Å². The number of pyridine rings is 1. The molecule has 7 nitrogen and oxygen atoms in total. The summed E-state index contributed by atoms with van der Waals surface area (Å²) in [4.78, 5) is 17.2. The molecule has 3 aromatic carbocycles. The number of carbonyl (C=O) groups is 1. The number of anilines is 1. The van der Waals surface area contributed by atoms with Gasteiger partial charge in [-0.1, -0.05) is 47.5 Å². The highest BCUT2D eigenvalue weighted by molar-refractivity contribution is 6.35. The van der Waals surface area contributed by atoms with Gasteiger partial charge in [-0.2, -0.15) is 0 Å². The van der Waals surface area contributed by atoms with Crippen molar-refractivity contribution in [1.82, 2.24) is 4.98 Å². The highest BCUT2D eigenvalue weighted by Gasteiger charge is 2.23. The van der Waals surface area contributed by atoms with Crippen molar-refractivity contribution in [3.8, 4) is 17.2 Å². The number of halogens is 2. The Hall–Kier alpha value is -3.94. The Balaban J connectivity index is 1.54. The maximum Gasteiger partial charge on any atom is 0.338 e. The second-order valence-electron chi connectivity index (χ2n) is 8.79. The van der Waals surface area contributed by atoms with E-state index in [4.69, 9.17) is 37.4 Å². The number of aromatic nitrogens is 1. The van der Waals surface area contributed by atoms with Crippen LogP contribution in [-0.4, -0.2) is 30.3 Å². The summed E-state index contributed by atoms with van der Waals surface area (Å²) in [6.45, 7) is 2.37. The molecule has 0 saturated heterocycles. The molecule has 0 amide bonds. The number of phenols is 1. The number of aromatic hydroxyl groups is 1. The maximum absolute atomic E-state index is 13.2. The lowest BCUT2D eigenvalue weighted by Gasteiger charge is -2.21. The van der Waals surface area contributed by atoms with Gasteiger partial charge in [-0.3, -0.25) is 4.98 Å². The number of methoxy groups -OCH3 is 2. The lowest BCUT2D eigenvalue weighted by molar-refractivity contribution is 0.0297. The number of nitrogens with one attached hydrogen (secondary N) is 1. The average molecular weight is 567 g/mol. The molecule has 1 aromatic heterocycles. The van der Waals surface area contributed by atoms with Gasteiger partial charge >= 0.3 is 5.97 Å².